The van der Waals surface area contributed by atoms with Crippen LogP contribution >= 0.6 is 0 Å². The molecule has 1 N–H and O–H groups in total. The number of fused-ring (bicyclic) bond motifs is 1. The van der Waals surface area contributed by atoms with Crippen molar-refractivity contribution >= 4 is 0 Å². The zero-order valence-corrected chi connectivity index (χ0v) is 26.4. The highest BCUT2D eigenvalue weighted by Crippen LogP contribution is 2.53. The van der Waals surface area contributed by atoms with Crippen molar-refractivity contribution in [1.29, 1.82) is 0 Å². The van der Waals surface area contributed by atoms with E-state index in [2.05, 4.69) is 81.1 Å². The van der Waals surface area contributed by atoms with Gasteiger partial charge in [-0.15, -0.1) is 0 Å². The van der Waals surface area contributed by atoms with Gasteiger partial charge in [-0.05, 0) is 69.1 Å². The van der Waals surface area contributed by atoms with E-state index in [4.69, 9.17) is 14.2 Å². The highest BCUT2D eigenvalue weighted by atomic mass is 16.5. The summed E-state index contributed by atoms with van der Waals surface area (Å²) in [5.74, 6) is 2.63. The highest BCUT2D eigenvalue weighted by Gasteiger charge is 2.45. The smallest absolute Gasteiger partial charge is 0.127 e. The first-order chi connectivity index (χ1) is 20.4. The molecule has 42 heavy (non-hydrogen) atoms. The fourth-order valence-electron chi connectivity index (χ4n) is 6.32. The monoisotopic (exact) mass is 573 g/mol. The van der Waals surface area contributed by atoms with Gasteiger partial charge in [0.05, 0.1) is 7.11 Å². The molecular formula is C37H51NO4. The van der Waals surface area contributed by atoms with Gasteiger partial charge < -0.3 is 24.2 Å². The van der Waals surface area contributed by atoms with Gasteiger partial charge in [-0.2, -0.15) is 0 Å². The fraction of sp³-hybridized carbons (Fsp3) is 0.514. The molecule has 0 fully saturated rings. The quantitative estimate of drug-likeness (QED) is 0.175. The lowest BCUT2D eigenvalue weighted by molar-refractivity contribution is 0.0527. The summed E-state index contributed by atoms with van der Waals surface area (Å²) in [5.41, 5.74) is 3.17. The molecule has 0 radical (unpaired) electrons. The van der Waals surface area contributed by atoms with E-state index in [-0.39, 0.29) is 18.4 Å². The van der Waals surface area contributed by atoms with Crippen LogP contribution in [0.25, 0.3) is 0 Å². The van der Waals surface area contributed by atoms with Crippen molar-refractivity contribution < 1.29 is 19.3 Å². The summed E-state index contributed by atoms with van der Waals surface area (Å²) in [5, 5.41) is 10.8. The molecule has 0 bridgehead atoms. The number of hydrogen-bond donors (Lipinski definition) is 1. The second kappa shape index (κ2) is 15.5. The molecule has 1 aliphatic rings. The molecule has 0 amide bonds. The molecule has 3 atom stereocenters. The van der Waals surface area contributed by atoms with Gasteiger partial charge in [0.25, 0.3) is 0 Å². The predicted octanol–water partition coefficient (Wildman–Crippen LogP) is 8.20. The molecule has 0 saturated heterocycles. The van der Waals surface area contributed by atoms with Crippen molar-refractivity contribution in [3.05, 3.63) is 89.5 Å². The molecule has 228 valence electrons. The Hall–Kier alpha value is -3.02. The fourth-order valence-corrected chi connectivity index (χ4v) is 6.32. The van der Waals surface area contributed by atoms with Gasteiger partial charge in [0, 0.05) is 30.0 Å². The van der Waals surface area contributed by atoms with Crippen molar-refractivity contribution in [3.8, 4) is 17.2 Å². The summed E-state index contributed by atoms with van der Waals surface area (Å²) in [4.78, 5) is 2.41. The lowest BCUT2D eigenvalue weighted by atomic mass is 9.68. The van der Waals surface area contributed by atoms with Gasteiger partial charge in [-0.3, -0.25) is 0 Å². The number of benzene rings is 3. The van der Waals surface area contributed by atoms with Crippen molar-refractivity contribution in [2.75, 3.05) is 33.4 Å². The number of aliphatic hydroxyl groups is 1. The number of ether oxygens (including phenoxy) is 3. The standard InChI is InChI=1S/C37H51NO4/c1-6-8-13-23-38(24-14-9-7-2)26-30(39)27-41-31-19-17-28(18-20-31)35-33-22-21-32(40-5)25-34(33)42-37(3,4)36(35)29-15-11-10-12-16-29/h10-12,15-22,25,30,35-36,39H,6-9,13-14,23-24,26-27H2,1-5H3/t30?,35-,36+/m1/s1. The van der Waals surface area contributed by atoms with Crippen molar-refractivity contribution in [3.63, 3.8) is 0 Å². The van der Waals surface area contributed by atoms with Crippen LogP contribution in [0.3, 0.4) is 0 Å². The number of aliphatic hydroxyl groups excluding tert-OH is 1. The lowest BCUT2D eigenvalue weighted by Gasteiger charge is -2.45. The Morgan fingerprint density at radius 2 is 1.48 bits per heavy atom. The topological polar surface area (TPSA) is 51.2 Å². The molecule has 0 saturated carbocycles. The second-order valence-corrected chi connectivity index (χ2v) is 12.2. The Balaban J connectivity index is 1.49. The normalized spacial score (nSPS) is 18.3. The van der Waals surface area contributed by atoms with Gasteiger partial charge in [0.1, 0.15) is 35.6 Å². The first kappa shape index (κ1) is 31.9. The van der Waals surface area contributed by atoms with Crippen LogP contribution in [0, 0.1) is 0 Å². The van der Waals surface area contributed by atoms with E-state index in [0.717, 1.165) is 35.9 Å². The van der Waals surface area contributed by atoms with E-state index in [9.17, 15) is 5.11 Å². The molecule has 4 rings (SSSR count). The van der Waals surface area contributed by atoms with E-state index < -0.39 is 11.7 Å². The molecule has 3 aromatic carbocycles. The average Bonchev–Trinajstić information content (AvgIpc) is 2.99. The maximum Gasteiger partial charge on any atom is 0.127 e. The summed E-state index contributed by atoms with van der Waals surface area (Å²) < 4.78 is 18.2. The lowest BCUT2D eigenvalue weighted by Crippen LogP contribution is -2.43. The summed E-state index contributed by atoms with van der Waals surface area (Å²) in [6.07, 6.45) is 6.73. The van der Waals surface area contributed by atoms with E-state index in [1.165, 1.54) is 49.7 Å². The van der Waals surface area contributed by atoms with Crippen molar-refractivity contribution in [2.24, 2.45) is 0 Å². The van der Waals surface area contributed by atoms with Crippen LogP contribution in [0.15, 0.2) is 72.8 Å². The molecule has 0 spiro atoms. The van der Waals surface area contributed by atoms with Gasteiger partial charge in [-0.25, -0.2) is 0 Å². The van der Waals surface area contributed by atoms with Gasteiger partial charge >= 0.3 is 0 Å². The Morgan fingerprint density at radius 1 is 0.833 bits per heavy atom. The van der Waals surface area contributed by atoms with Crippen molar-refractivity contribution in [2.45, 2.75) is 89.8 Å². The van der Waals surface area contributed by atoms with Crippen LogP contribution in [0.2, 0.25) is 0 Å². The largest absolute Gasteiger partial charge is 0.497 e. The van der Waals surface area contributed by atoms with E-state index in [1.54, 1.807) is 7.11 Å². The van der Waals surface area contributed by atoms with Crippen LogP contribution in [0.1, 0.15) is 94.7 Å². The summed E-state index contributed by atoms with van der Waals surface area (Å²) in [7, 11) is 1.69. The zero-order valence-electron chi connectivity index (χ0n) is 26.4. The van der Waals surface area contributed by atoms with Gasteiger partial charge in [0.2, 0.25) is 0 Å². The van der Waals surface area contributed by atoms with Gasteiger partial charge in [0.15, 0.2) is 0 Å². The first-order valence-electron chi connectivity index (χ1n) is 15.9. The number of hydrogen-bond acceptors (Lipinski definition) is 5. The second-order valence-electron chi connectivity index (χ2n) is 12.2. The predicted molar refractivity (Wildman–Crippen MR) is 172 cm³/mol. The van der Waals surface area contributed by atoms with E-state index >= 15 is 0 Å². The first-order valence-corrected chi connectivity index (χ1v) is 15.9. The minimum atomic E-state index is -0.520. The van der Waals surface area contributed by atoms with Crippen LogP contribution < -0.4 is 14.2 Å². The molecule has 5 heteroatoms. The Bertz CT molecular complexity index is 1200. The molecular weight excluding hydrogens is 522 g/mol. The number of rotatable bonds is 16. The molecule has 5 nitrogen and oxygen atoms in total. The Morgan fingerprint density at radius 3 is 2.10 bits per heavy atom. The average molecular weight is 574 g/mol. The summed E-state index contributed by atoms with van der Waals surface area (Å²) in [6, 6.07) is 25.2. The third-order valence-electron chi connectivity index (χ3n) is 8.48. The number of methoxy groups -OCH3 is 1. The third kappa shape index (κ3) is 8.29. The molecule has 1 unspecified atom stereocenters. The minimum Gasteiger partial charge on any atom is -0.497 e. The van der Waals surface area contributed by atoms with Crippen LogP contribution in [0.5, 0.6) is 17.2 Å². The summed E-state index contributed by atoms with van der Waals surface area (Å²) >= 11 is 0. The van der Waals surface area contributed by atoms with Crippen LogP contribution in [-0.2, 0) is 0 Å². The minimum absolute atomic E-state index is 0.0940. The third-order valence-corrected chi connectivity index (χ3v) is 8.48. The highest BCUT2D eigenvalue weighted by molar-refractivity contribution is 5.52. The van der Waals surface area contributed by atoms with E-state index in [0.29, 0.717) is 6.54 Å². The Labute approximate surface area is 253 Å². The number of nitrogens with zero attached hydrogens (tertiary/aromatic N) is 1. The van der Waals surface area contributed by atoms with Gasteiger partial charge in [-0.1, -0.05) is 88.1 Å². The van der Waals surface area contributed by atoms with Crippen LogP contribution in [-0.4, -0.2) is 55.1 Å². The molecule has 0 aliphatic carbocycles. The van der Waals surface area contributed by atoms with Crippen molar-refractivity contribution in [1.82, 2.24) is 4.90 Å². The SMILES string of the molecule is CCCCCN(CCCCC)CC(O)COc1ccc([C@@H]2c3ccc(OC)cc3OC(C)(C)[C@H]2c2ccccc2)cc1. The van der Waals surface area contributed by atoms with Crippen LogP contribution in [0.4, 0.5) is 0 Å². The molecule has 3 aromatic rings. The molecule has 1 heterocycles. The maximum atomic E-state index is 10.8. The Kier molecular flexibility index (Phi) is 11.7. The molecule has 1 aliphatic heterocycles. The maximum absolute atomic E-state index is 10.8. The molecule has 0 aromatic heterocycles. The van der Waals surface area contributed by atoms with E-state index in [1.807, 2.05) is 24.3 Å². The summed E-state index contributed by atoms with van der Waals surface area (Å²) in [6.45, 7) is 11.8. The number of unbranched alkanes of at least 4 members (excludes halogenated alkanes) is 4. The zero-order chi connectivity index (χ0) is 30.0.